The molecule has 0 radical (unpaired) electrons. The predicted molar refractivity (Wildman–Crippen MR) is 107 cm³/mol. The number of carbonyl (C=O) groups excluding carboxylic acids is 1. The summed E-state index contributed by atoms with van der Waals surface area (Å²) in [5, 5.41) is 5.33. The van der Waals surface area contributed by atoms with Gasteiger partial charge in [-0.15, -0.1) is 11.3 Å². The summed E-state index contributed by atoms with van der Waals surface area (Å²) in [5.74, 6) is 0.0880. The number of para-hydroxylation sites is 1. The van der Waals surface area contributed by atoms with E-state index in [0.29, 0.717) is 22.4 Å². The molecule has 4 rings (SSSR count). The number of carbonyl (C=O) groups is 1. The van der Waals surface area contributed by atoms with Crippen LogP contribution in [0.15, 0.2) is 53.9 Å². The van der Waals surface area contributed by atoms with Crippen molar-refractivity contribution in [3.8, 4) is 5.75 Å². The molecule has 7 heteroatoms. The Balaban J connectivity index is 1.41. The number of hydrogen-bond donors (Lipinski definition) is 1. The second kappa shape index (κ2) is 7.46. The van der Waals surface area contributed by atoms with Gasteiger partial charge in [0.05, 0.1) is 15.1 Å². The van der Waals surface area contributed by atoms with E-state index in [1.807, 2.05) is 30.5 Å². The molecule has 0 aliphatic rings. The molecule has 0 atom stereocenters. The van der Waals surface area contributed by atoms with Gasteiger partial charge in [0.2, 0.25) is 0 Å². The van der Waals surface area contributed by atoms with E-state index < -0.39 is 0 Å². The quantitative estimate of drug-likeness (QED) is 0.473. The number of aryl methyl sites for hydroxylation is 1. The lowest BCUT2D eigenvalue weighted by Crippen LogP contribution is -2.09. The minimum atomic E-state index is -0.304. The molecule has 0 bridgehead atoms. The molecule has 0 unspecified atom stereocenters. The topological polar surface area (TPSA) is 51.2 Å². The van der Waals surface area contributed by atoms with Crippen molar-refractivity contribution in [1.29, 1.82) is 0 Å². The number of aromatic nitrogens is 1. The van der Waals surface area contributed by atoms with Gasteiger partial charge in [0.25, 0.3) is 5.91 Å². The lowest BCUT2D eigenvalue weighted by atomic mass is 10.2. The summed E-state index contributed by atoms with van der Waals surface area (Å²) in [4.78, 5) is 17.6. The van der Waals surface area contributed by atoms with Gasteiger partial charge in [0, 0.05) is 5.56 Å². The van der Waals surface area contributed by atoms with Crippen LogP contribution in [-0.2, 0) is 6.61 Å². The van der Waals surface area contributed by atoms with Crippen LogP contribution in [0.1, 0.15) is 20.8 Å². The number of halogens is 1. The van der Waals surface area contributed by atoms with Crippen molar-refractivity contribution in [2.24, 2.45) is 0 Å². The Hall–Kier alpha value is -2.77. The first-order valence-electron chi connectivity index (χ1n) is 8.22. The molecule has 4 aromatic rings. The largest absolute Gasteiger partial charge is 0.489 e. The van der Waals surface area contributed by atoms with Crippen LogP contribution in [0.2, 0.25) is 0 Å². The molecule has 0 fully saturated rings. The van der Waals surface area contributed by atoms with E-state index in [2.05, 4.69) is 10.3 Å². The van der Waals surface area contributed by atoms with E-state index in [0.717, 1.165) is 21.3 Å². The Morgan fingerprint density at radius 2 is 2.04 bits per heavy atom. The van der Waals surface area contributed by atoms with Crippen molar-refractivity contribution in [1.82, 2.24) is 4.98 Å². The monoisotopic (exact) mass is 398 g/mol. The molecule has 0 spiro atoms. The minimum Gasteiger partial charge on any atom is -0.489 e. The zero-order valence-corrected chi connectivity index (χ0v) is 16.0. The Labute approximate surface area is 163 Å². The van der Waals surface area contributed by atoms with E-state index in [4.69, 9.17) is 4.74 Å². The lowest BCUT2D eigenvalue weighted by molar-refractivity contribution is 0.103. The van der Waals surface area contributed by atoms with Crippen LogP contribution in [0.4, 0.5) is 9.52 Å². The number of nitrogens with zero attached hydrogens (tertiary/aromatic N) is 1. The van der Waals surface area contributed by atoms with E-state index in [9.17, 15) is 9.18 Å². The van der Waals surface area contributed by atoms with Crippen molar-refractivity contribution in [3.63, 3.8) is 0 Å². The van der Waals surface area contributed by atoms with E-state index in [-0.39, 0.29) is 11.7 Å². The Kier molecular flexibility index (Phi) is 4.87. The third kappa shape index (κ3) is 3.99. The van der Waals surface area contributed by atoms with E-state index in [1.165, 1.54) is 34.8 Å². The van der Waals surface area contributed by atoms with Crippen molar-refractivity contribution >= 4 is 43.9 Å². The molecule has 0 aliphatic heterocycles. The number of hydrogen-bond acceptors (Lipinski definition) is 5. The van der Waals surface area contributed by atoms with Crippen LogP contribution < -0.4 is 10.1 Å². The molecule has 2 heterocycles. The summed E-state index contributed by atoms with van der Waals surface area (Å²) >= 11 is 2.81. The third-order valence-electron chi connectivity index (χ3n) is 3.94. The van der Waals surface area contributed by atoms with Gasteiger partial charge in [0.15, 0.2) is 5.13 Å². The van der Waals surface area contributed by atoms with Crippen LogP contribution in [0.25, 0.3) is 10.2 Å². The number of nitrogens with one attached hydrogen (secondary N) is 1. The fourth-order valence-electron chi connectivity index (χ4n) is 2.57. The summed E-state index contributed by atoms with van der Waals surface area (Å²) in [6.07, 6.45) is 0. The lowest BCUT2D eigenvalue weighted by Gasteiger charge is -2.04. The number of anilines is 1. The maximum atomic E-state index is 12.9. The van der Waals surface area contributed by atoms with Crippen molar-refractivity contribution in [2.75, 3.05) is 5.32 Å². The number of fused-ring (bicyclic) bond motifs is 1. The average Bonchev–Trinajstić information content (AvgIpc) is 3.29. The molecule has 136 valence electrons. The van der Waals surface area contributed by atoms with E-state index in [1.54, 1.807) is 18.2 Å². The maximum Gasteiger partial charge on any atom is 0.267 e. The zero-order valence-electron chi connectivity index (χ0n) is 14.4. The first kappa shape index (κ1) is 17.6. The van der Waals surface area contributed by atoms with Gasteiger partial charge < -0.3 is 4.74 Å². The number of thiazole rings is 1. The fraction of sp³-hybridized carbons (Fsp3) is 0.100. The third-order valence-corrected chi connectivity index (χ3v) is 5.85. The van der Waals surface area contributed by atoms with Crippen LogP contribution in [0, 0.1) is 12.7 Å². The number of benzene rings is 2. The summed E-state index contributed by atoms with van der Waals surface area (Å²) < 4.78 is 19.6. The SMILES string of the molecule is Cc1cccc2sc(NC(=O)c3cc(COc4ccc(F)cc4)cs3)nc12. The molecule has 2 aromatic heterocycles. The van der Waals surface area contributed by atoms with Gasteiger partial charge in [0.1, 0.15) is 18.2 Å². The minimum absolute atomic E-state index is 0.190. The van der Waals surface area contributed by atoms with Gasteiger partial charge in [-0.05, 0) is 54.3 Å². The Morgan fingerprint density at radius 3 is 2.81 bits per heavy atom. The highest BCUT2D eigenvalue weighted by molar-refractivity contribution is 7.22. The van der Waals surface area contributed by atoms with Gasteiger partial charge in [-0.2, -0.15) is 0 Å². The van der Waals surface area contributed by atoms with Gasteiger partial charge in [-0.3, -0.25) is 10.1 Å². The molecule has 2 aromatic carbocycles. The zero-order chi connectivity index (χ0) is 18.8. The number of rotatable bonds is 5. The van der Waals surface area contributed by atoms with Gasteiger partial charge >= 0.3 is 0 Å². The smallest absolute Gasteiger partial charge is 0.267 e. The van der Waals surface area contributed by atoms with Gasteiger partial charge in [-0.25, -0.2) is 9.37 Å². The van der Waals surface area contributed by atoms with Crippen LogP contribution in [0.5, 0.6) is 5.75 Å². The summed E-state index contributed by atoms with van der Waals surface area (Å²) in [5.41, 5.74) is 2.88. The number of ether oxygens (including phenoxy) is 1. The average molecular weight is 398 g/mol. The standard InChI is InChI=1S/C20H15FN2O2S2/c1-12-3-2-4-16-18(12)22-20(27-16)23-19(24)17-9-13(11-26-17)10-25-15-7-5-14(21)6-8-15/h2-9,11H,10H2,1H3,(H,22,23,24). The second-order valence-corrected chi connectivity index (χ2v) is 7.90. The maximum absolute atomic E-state index is 12.9. The van der Waals surface area contributed by atoms with Crippen molar-refractivity contribution in [3.05, 3.63) is 75.7 Å². The van der Waals surface area contributed by atoms with Crippen LogP contribution in [0.3, 0.4) is 0 Å². The molecule has 0 aliphatic carbocycles. The second-order valence-electron chi connectivity index (χ2n) is 5.96. The normalized spacial score (nSPS) is 10.9. The molecule has 1 N–H and O–H groups in total. The summed E-state index contributed by atoms with van der Waals surface area (Å²) in [7, 11) is 0. The molecule has 0 saturated carbocycles. The highest BCUT2D eigenvalue weighted by Gasteiger charge is 2.13. The first-order chi connectivity index (χ1) is 13.1. The molecular weight excluding hydrogens is 383 g/mol. The molecule has 1 amide bonds. The molecular formula is C20H15FN2O2S2. The number of amides is 1. The fourth-order valence-corrected chi connectivity index (χ4v) is 4.30. The molecule has 4 nitrogen and oxygen atoms in total. The summed E-state index contributed by atoms with van der Waals surface area (Å²) in [6.45, 7) is 2.32. The Morgan fingerprint density at radius 1 is 1.22 bits per heavy atom. The highest BCUT2D eigenvalue weighted by atomic mass is 32.1. The van der Waals surface area contributed by atoms with Crippen molar-refractivity contribution < 1.29 is 13.9 Å². The van der Waals surface area contributed by atoms with E-state index >= 15 is 0 Å². The van der Waals surface area contributed by atoms with Crippen molar-refractivity contribution in [2.45, 2.75) is 13.5 Å². The number of thiophene rings is 1. The van der Waals surface area contributed by atoms with Gasteiger partial charge in [-0.1, -0.05) is 23.5 Å². The predicted octanol–water partition coefficient (Wildman–Crippen LogP) is 5.64. The summed E-state index contributed by atoms with van der Waals surface area (Å²) in [6, 6.07) is 13.6. The first-order valence-corrected chi connectivity index (χ1v) is 9.91. The molecule has 27 heavy (non-hydrogen) atoms. The van der Waals surface area contributed by atoms with Crippen LogP contribution in [-0.4, -0.2) is 10.9 Å². The highest BCUT2D eigenvalue weighted by Crippen LogP contribution is 2.28. The molecule has 0 saturated heterocycles. The van der Waals surface area contributed by atoms with Crippen LogP contribution >= 0.6 is 22.7 Å². The Bertz CT molecular complexity index is 1100.